The Morgan fingerprint density at radius 1 is 0.862 bits per heavy atom. The summed E-state index contributed by atoms with van der Waals surface area (Å²) in [7, 11) is 0. The summed E-state index contributed by atoms with van der Waals surface area (Å²) in [6, 6.07) is 14.1. The van der Waals surface area contributed by atoms with Crippen LogP contribution in [0.2, 0.25) is 0 Å². The summed E-state index contributed by atoms with van der Waals surface area (Å²) in [6.07, 6.45) is 0.594. The molecule has 0 saturated carbocycles. The summed E-state index contributed by atoms with van der Waals surface area (Å²) in [4.78, 5) is 27.2. The smallest absolute Gasteiger partial charge is 0.254 e. The predicted molar refractivity (Wildman–Crippen MR) is 103 cm³/mol. The molecule has 1 amide bonds. The van der Waals surface area contributed by atoms with Crippen molar-refractivity contribution >= 4 is 22.5 Å². The zero-order valence-corrected chi connectivity index (χ0v) is 15.5. The number of carbonyl (C=O) groups excluding carboxylic acids is 2. The van der Waals surface area contributed by atoms with Gasteiger partial charge in [0.25, 0.3) is 5.91 Å². The van der Waals surface area contributed by atoms with Crippen LogP contribution in [0.5, 0.6) is 0 Å². The molecule has 1 heterocycles. The van der Waals surface area contributed by atoms with Crippen molar-refractivity contribution in [3.8, 4) is 0 Å². The third-order valence-electron chi connectivity index (χ3n) is 5.43. The molecule has 0 N–H and O–H groups in total. The number of ketones is 1. The van der Waals surface area contributed by atoms with E-state index in [-0.39, 0.29) is 5.91 Å². The molecule has 0 spiro atoms. The Hall–Kier alpha value is -3.15. The highest BCUT2D eigenvalue weighted by molar-refractivity contribution is 6.07. The van der Waals surface area contributed by atoms with Crippen molar-refractivity contribution in [2.45, 2.75) is 12.8 Å². The van der Waals surface area contributed by atoms with Gasteiger partial charge in [-0.15, -0.1) is 0 Å². The van der Waals surface area contributed by atoms with Gasteiger partial charge in [-0.2, -0.15) is 0 Å². The molecule has 1 aliphatic heterocycles. The highest BCUT2D eigenvalue weighted by atomic mass is 19.1. The zero-order chi connectivity index (χ0) is 20.5. The first kappa shape index (κ1) is 19.2. The van der Waals surface area contributed by atoms with Gasteiger partial charge < -0.3 is 4.90 Å². The molecule has 0 aliphatic carbocycles. The fourth-order valence-corrected chi connectivity index (χ4v) is 3.91. The van der Waals surface area contributed by atoms with E-state index in [0.29, 0.717) is 43.6 Å². The number of hydrogen-bond donors (Lipinski definition) is 0. The van der Waals surface area contributed by atoms with Crippen LogP contribution in [-0.4, -0.2) is 29.7 Å². The minimum absolute atomic E-state index is 0.133. The number of nitrogens with zero attached hydrogens (tertiary/aromatic N) is 1. The van der Waals surface area contributed by atoms with Gasteiger partial charge in [0.15, 0.2) is 5.78 Å². The summed E-state index contributed by atoms with van der Waals surface area (Å²) in [5.41, 5.74) is -0.117. The Bertz CT molecular complexity index is 1080. The summed E-state index contributed by atoms with van der Waals surface area (Å²) >= 11 is 0. The van der Waals surface area contributed by atoms with Gasteiger partial charge in [0, 0.05) is 36.7 Å². The number of hydrogen-bond acceptors (Lipinski definition) is 2. The predicted octanol–water partition coefficient (Wildman–Crippen LogP) is 4.99. The standard InChI is InChI=1S/C23H18F3NO2/c24-16-12-19(25)21(20(26)13-16)22(28)15-8-10-27(11-9-15)23(29)18-7-3-5-14-4-1-2-6-17(14)18/h1-7,12-13,15H,8-11H2. The third-order valence-corrected chi connectivity index (χ3v) is 5.43. The number of amides is 1. The first-order chi connectivity index (χ1) is 14.0. The van der Waals surface area contributed by atoms with Gasteiger partial charge in [-0.1, -0.05) is 36.4 Å². The Kier molecular flexibility index (Phi) is 5.09. The van der Waals surface area contributed by atoms with Crippen molar-refractivity contribution in [3.05, 3.63) is 83.2 Å². The lowest BCUT2D eigenvalue weighted by atomic mass is 9.88. The molecule has 3 aromatic carbocycles. The second-order valence-corrected chi connectivity index (χ2v) is 7.20. The summed E-state index contributed by atoms with van der Waals surface area (Å²) in [6.45, 7) is 0.617. The van der Waals surface area contributed by atoms with Gasteiger partial charge in [-0.25, -0.2) is 13.2 Å². The average molecular weight is 397 g/mol. The first-order valence-electron chi connectivity index (χ1n) is 9.41. The number of likely N-dealkylation sites (tertiary alicyclic amines) is 1. The second kappa shape index (κ2) is 7.70. The van der Waals surface area contributed by atoms with Gasteiger partial charge in [0.1, 0.15) is 17.5 Å². The number of rotatable bonds is 3. The Morgan fingerprint density at radius 3 is 2.17 bits per heavy atom. The van der Waals surface area contributed by atoms with Gasteiger partial charge in [-0.05, 0) is 29.7 Å². The summed E-state index contributed by atoms with van der Waals surface area (Å²) in [5.74, 6) is -4.87. The number of halogens is 3. The van der Waals surface area contributed by atoms with Crippen LogP contribution in [0.3, 0.4) is 0 Å². The molecule has 29 heavy (non-hydrogen) atoms. The number of benzene rings is 3. The zero-order valence-electron chi connectivity index (χ0n) is 15.5. The Labute approximate surface area is 165 Å². The van der Waals surface area contributed by atoms with Crippen molar-refractivity contribution in [3.63, 3.8) is 0 Å². The minimum Gasteiger partial charge on any atom is -0.339 e. The number of fused-ring (bicyclic) bond motifs is 1. The van der Waals surface area contributed by atoms with E-state index < -0.39 is 34.7 Å². The van der Waals surface area contributed by atoms with E-state index in [1.807, 2.05) is 36.4 Å². The minimum atomic E-state index is -1.19. The SMILES string of the molecule is O=C(c1c(F)cc(F)cc1F)C1CCN(C(=O)c2cccc3ccccc23)CC1. The topological polar surface area (TPSA) is 37.4 Å². The molecule has 0 bridgehead atoms. The number of Topliss-reactive ketones (excluding diaryl/α,β-unsaturated/α-hetero) is 1. The van der Waals surface area contributed by atoms with Crippen molar-refractivity contribution in [2.24, 2.45) is 5.92 Å². The highest BCUT2D eigenvalue weighted by Crippen LogP contribution is 2.27. The molecule has 3 nitrogen and oxygen atoms in total. The van der Waals surface area contributed by atoms with Crippen LogP contribution in [-0.2, 0) is 0 Å². The van der Waals surface area contributed by atoms with Crippen molar-refractivity contribution in [1.29, 1.82) is 0 Å². The summed E-state index contributed by atoms with van der Waals surface area (Å²) < 4.78 is 40.9. The lowest BCUT2D eigenvalue weighted by molar-refractivity contribution is 0.0649. The molecule has 0 atom stereocenters. The maximum absolute atomic E-state index is 13.9. The molecule has 1 aliphatic rings. The van der Waals surface area contributed by atoms with Crippen LogP contribution in [0, 0.1) is 23.4 Å². The van der Waals surface area contributed by atoms with Crippen LogP contribution in [0.15, 0.2) is 54.6 Å². The Balaban J connectivity index is 1.50. The molecule has 0 aromatic heterocycles. The second-order valence-electron chi connectivity index (χ2n) is 7.20. The molecule has 148 valence electrons. The van der Waals surface area contributed by atoms with E-state index in [4.69, 9.17) is 0 Å². The van der Waals surface area contributed by atoms with E-state index in [1.165, 1.54) is 0 Å². The molecule has 1 fully saturated rings. The molecular formula is C23H18F3NO2. The van der Waals surface area contributed by atoms with Gasteiger partial charge in [0.2, 0.25) is 0 Å². The fourth-order valence-electron chi connectivity index (χ4n) is 3.91. The molecule has 0 radical (unpaired) electrons. The van der Waals surface area contributed by atoms with Gasteiger partial charge >= 0.3 is 0 Å². The van der Waals surface area contributed by atoms with Crippen LogP contribution < -0.4 is 0 Å². The molecule has 1 saturated heterocycles. The van der Waals surface area contributed by atoms with Crippen molar-refractivity contribution in [1.82, 2.24) is 4.90 Å². The average Bonchev–Trinajstić information content (AvgIpc) is 2.72. The lowest BCUT2D eigenvalue weighted by Gasteiger charge is -2.31. The van der Waals surface area contributed by atoms with Crippen LogP contribution in [0.25, 0.3) is 10.8 Å². The lowest BCUT2D eigenvalue weighted by Crippen LogP contribution is -2.40. The molecule has 4 rings (SSSR count). The van der Waals surface area contributed by atoms with Crippen molar-refractivity contribution < 1.29 is 22.8 Å². The van der Waals surface area contributed by atoms with E-state index in [9.17, 15) is 22.8 Å². The quantitative estimate of drug-likeness (QED) is 0.584. The normalized spacial score (nSPS) is 14.9. The Morgan fingerprint density at radius 2 is 1.48 bits per heavy atom. The maximum Gasteiger partial charge on any atom is 0.254 e. The molecule has 3 aromatic rings. The monoisotopic (exact) mass is 397 g/mol. The number of carbonyl (C=O) groups is 2. The van der Waals surface area contributed by atoms with Crippen LogP contribution in [0.1, 0.15) is 33.6 Å². The fraction of sp³-hybridized carbons (Fsp3) is 0.217. The molecule has 0 unspecified atom stereocenters. The van der Waals surface area contributed by atoms with Crippen LogP contribution >= 0.6 is 0 Å². The largest absolute Gasteiger partial charge is 0.339 e. The van der Waals surface area contributed by atoms with Gasteiger partial charge in [0.05, 0.1) is 5.56 Å². The van der Waals surface area contributed by atoms with E-state index in [1.54, 1.807) is 11.0 Å². The summed E-state index contributed by atoms with van der Waals surface area (Å²) in [5, 5.41) is 1.82. The van der Waals surface area contributed by atoms with E-state index in [2.05, 4.69) is 0 Å². The van der Waals surface area contributed by atoms with E-state index in [0.717, 1.165) is 10.8 Å². The third kappa shape index (κ3) is 3.62. The van der Waals surface area contributed by atoms with Crippen LogP contribution in [0.4, 0.5) is 13.2 Å². The maximum atomic E-state index is 13.9. The highest BCUT2D eigenvalue weighted by Gasteiger charge is 2.31. The van der Waals surface area contributed by atoms with E-state index >= 15 is 0 Å². The number of piperidine rings is 1. The molecule has 6 heteroatoms. The van der Waals surface area contributed by atoms with Crippen molar-refractivity contribution in [2.75, 3.05) is 13.1 Å². The van der Waals surface area contributed by atoms with Gasteiger partial charge in [-0.3, -0.25) is 9.59 Å². The molecular weight excluding hydrogens is 379 g/mol. The first-order valence-corrected chi connectivity index (χ1v) is 9.41.